The Hall–Kier alpha value is -3.25. The Balaban J connectivity index is 1.46. The Morgan fingerprint density at radius 2 is 1.87 bits per heavy atom. The van der Waals surface area contributed by atoms with E-state index < -0.39 is 33.5 Å². The molecule has 2 saturated heterocycles. The smallest absolute Gasteiger partial charge is 0.408 e. The highest BCUT2D eigenvalue weighted by Crippen LogP contribution is 2.44. The van der Waals surface area contributed by atoms with Crippen LogP contribution < -0.4 is 19.7 Å². The number of carbonyl (C=O) groups is 2. The van der Waals surface area contributed by atoms with Gasteiger partial charge < -0.3 is 24.4 Å². The van der Waals surface area contributed by atoms with Crippen LogP contribution in [0.5, 0.6) is 11.5 Å². The van der Waals surface area contributed by atoms with Crippen molar-refractivity contribution in [3.8, 4) is 11.5 Å². The van der Waals surface area contributed by atoms with Crippen molar-refractivity contribution in [3.05, 3.63) is 54.1 Å². The molecule has 1 N–H and O–H groups in total. The topological polar surface area (TPSA) is 124 Å². The number of aliphatic imine (C=N–C) groups is 1. The maximum atomic E-state index is 13.6. The van der Waals surface area contributed by atoms with Gasteiger partial charge in [-0.15, -0.1) is 0 Å². The van der Waals surface area contributed by atoms with E-state index >= 15 is 0 Å². The van der Waals surface area contributed by atoms with Crippen LogP contribution in [-0.4, -0.2) is 66.8 Å². The van der Waals surface area contributed by atoms with Crippen LogP contribution in [0.2, 0.25) is 0 Å². The summed E-state index contributed by atoms with van der Waals surface area (Å²) in [6, 6.07) is 13.2. The van der Waals surface area contributed by atoms with Gasteiger partial charge in [0, 0.05) is 23.4 Å². The van der Waals surface area contributed by atoms with Gasteiger partial charge in [-0.3, -0.25) is 4.79 Å². The standard InChI is InChI=1S/C26H29N3O7S2/c1-26(2,3)36-25(31)27-18(11-16-7-5-4-6-8-16)23(30)28-24-29(19-13-38(32,33)14-22(19)37-24)17-9-10-20-21(12-17)35-15-34-20/h4-10,12,18-19,22H,11,13-15H2,1-3H3,(H,27,31)/t18-,19+,22-/m1/s1. The predicted octanol–water partition coefficient (Wildman–Crippen LogP) is 3.15. The van der Waals surface area contributed by atoms with Crippen LogP contribution in [-0.2, 0) is 25.8 Å². The van der Waals surface area contributed by atoms with Crippen molar-refractivity contribution in [2.24, 2.45) is 4.99 Å². The van der Waals surface area contributed by atoms with Crippen molar-refractivity contribution in [3.63, 3.8) is 0 Å². The average molecular weight is 560 g/mol. The molecule has 3 aliphatic heterocycles. The third-order valence-corrected chi connectivity index (χ3v) is 9.39. The quantitative estimate of drug-likeness (QED) is 0.588. The Labute approximate surface area is 225 Å². The molecule has 2 aromatic carbocycles. The molecule has 3 atom stereocenters. The molecule has 0 bridgehead atoms. The lowest BCUT2D eigenvalue weighted by molar-refractivity contribution is -0.119. The minimum atomic E-state index is -3.23. The van der Waals surface area contributed by atoms with E-state index in [1.165, 1.54) is 11.8 Å². The Kier molecular flexibility index (Phi) is 7.03. The fourth-order valence-electron chi connectivity index (χ4n) is 4.57. The lowest BCUT2D eigenvalue weighted by atomic mass is 10.1. The summed E-state index contributed by atoms with van der Waals surface area (Å²) in [7, 11) is -3.23. The number of sulfone groups is 1. The number of carbonyl (C=O) groups excluding carboxylic acids is 2. The summed E-state index contributed by atoms with van der Waals surface area (Å²) >= 11 is 1.26. The van der Waals surface area contributed by atoms with Crippen molar-refractivity contribution < 1.29 is 32.2 Å². The van der Waals surface area contributed by atoms with E-state index in [-0.39, 0.29) is 36.0 Å². The Morgan fingerprint density at radius 3 is 2.61 bits per heavy atom. The van der Waals surface area contributed by atoms with Crippen LogP contribution in [0.4, 0.5) is 10.5 Å². The molecule has 3 aliphatic rings. The van der Waals surface area contributed by atoms with Gasteiger partial charge in [0.25, 0.3) is 5.91 Å². The molecule has 12 heteroatoms. The summed E-state index contributed by atoms with van der Waals surface area (Å²) in [4.78, 5) is 32.4. The number of fused-ring (bicyclic) bond motifs is 2. The van der Waals surface area contributed by atoms with Crippen LogP contribution in [0.15, 0.2) is 53.5 Å². The number of hydrogen-bond donors (Lipinski definition) is 1. The second-order valence-electron chi connectivity index (χ2n) is 10.3. The number of ether oxygens (including phenoxy) is 3. The van der Waals surface area contributed by atoms with Gasteiger partial charge in [-0.2, -0.15) is 4.99 Å². The van der Waals surface area contributed by atoms with E-state index in [9.17, 15) is 18.0 Å². The molecule has 2 aromatic rings. The van der Waals surface area contributed by atoms with Gasteiger partial charge in [0.15, 0.2) is 26.5 Å². The lowest BCUT2D eigenvalue weighted by Gasteiger charge is -2.25. The Bertz CT molecular complexity index is 1370. The van der Waals surface area contributed by atoms with Crippen molar-refractivity contribution in [2.75, 3.05) is 23.2 Å². The molecule has 10 nitrogen and oxygen atoms in total. The zero-order valence-electron chi connectivity index (χ0n) is 21.2. The first-order chi connectivity index (χ1) is 18.0. The third-order valence-electron chi connectivity index (χ3n) is 6.18. The normalized spacial score (nSPS) is 23.2. The number of thioether (sulfide) groups is 1. The number of amidine groups is 1. The second kappa shape index (κ2) is 10.1. The van der Waals surface area contributed by atoms with Gasteiger partial charge in [-0.25, -0.2) is 13.2 Å². The predicted molar refractivity (Wildman–Crippen MR) is 145 cm³/mol. The van der Waals surface area contributed by atoms with E-state index in [0.29, 0.717) is 22.4 Å². The van der Waals surface area contributed by atoms with Gasteiger partial charge >= 0.3 is 6.09 Å². The molecule has 0 saturated carbocycles. The van der Waals surface area contributed by atoms with Gasteiger partial charge in [0.1, 0.15) is 11.6 Å². The number of anilines is 1. The molecule has 5 rings (SSSR count). The zero-order chi connectivity index (χ0) is 27.1. The van der Waals surface area contributed by atoms with Gasteiger partial charge in [0.2, 0.25) is 6.79 Å². The number of benzene rings is 2. The van der Waals surface area contributed by atoms with Crippen molar-refractivity contribution in [1.82, 2.24) is 5.32 Å². The van der Waals surface area contributed by atoms with E-state index in [1.807, 2.05) is 30.3 Å². The summed E-state index contributed by atoms with van der Waals surface area (Å²) < 4.78 is 41.2. The number of amides is 2. The van der Waals surface area contributed by atoms with Gasteiger partial charge in [-0.05, 0) is 38.5 Å². The molecule has 0 aromatic heterocycles. The number of rotatable bonds is 5. The summed E-state index contributed by atoms with van der Waals surface area (Å²) in [5, 5.41) is 2.77. The van der Waals surface area contributed by atoms with Gasteiger partial charge in [0.05, 0.1) is 17.5 Å². The van der Waals surface area contributed by atoms with Crippen LogP contribution in [0.1, 0.15) is 26.3 Å². The maximum Gasteiger partial charge on any atom is 0.408 e. The Morgan fingerprint density at radius 1 is 1.13 bits per heavy atom. The number of alkyl carbamates (subject to hydrolysis) is 1. The number of hydrogen-bond acceptors (Lipinski definition) is 8. The minimum absolute atomic E-state index is 0.000197. The first-order valence-electron chi connectivity index (χ1n) is 12.2. The van der Waals surface area contributed by atoms with Crippen molar-refractivity contribution in [1.29, 1.82) is 0 Å². The number of nitrogens with one attached hydrogen (secondary N) is 1. The molecule has 2 fully saturated rings. The lowest BCUT2D eigenvalue weighted by Crippen LogP contribution is -2.45. The molecular weight excluding hydrogens is 530 g/mol. The van der Waals surface area contributed by atoms with E-state index in [4.69, 9.17) is 14.2 Å². The number of nitrogens with zero attached hydrogens (tertiary/aromatic N) is 2. The first-order valence-corrected chi connectivity index (χ1v) is 14.9. The molecule has 0 aliphatic carbocycles. The molecule has 202 valence electrons. The fourth-order valence-corrected chi connectivity index (χ4v) is 8.49. The fraction of sp³-hybridized carbons (Fsp3) is 0.423. The highest BCUT2D eigenvalue weighted by Gasteiger charge is 2.49. The summed E-state index contributed by atoms with van der Waals surface area (Å²) in [6.45, 7) is 5.33. The largest absolute Gasteiger partial charge is 0.454 e. The summed E-state index contributed by atoms with van der Waals surface area (Å²) in [6.07, 6.45) is -0.507. The van der Waals surface area contributed by atoms with Crippen LogP contribution in [0.25, 0.3) is 0 Å². The average Bonchev–Trinajstić information content (AvgIpc) is 3.49. The zero-order valence-corrected chi connectivity index (χ0v) is 22.9. The highest BCUT2D eigenvalue weighted by molar-refractivity contribution is 8.16. The van der Waals surface area contributed by atoms with E-state index in [2.05, 4.69) is 10.3 Å². The van der Waals surface area contributed by atoms with Gasteiger partial charge in [-0.1, -0.05) is 42.1 Å². The monoisotopic (exact) mass is 559 g/mol. The molecule has 38 heavy (non-hydrogen) atoms. The molecular formula is C26H29N3O7S2. The SMILES string of the molecule is CC(C)(C)OC(=O)N[C@H](Cc1ccccc1)C(=O)N=C1S[C@@H]2CS(=O)(=O)C[C@@H]2N1c1ccc2c(c1)OCO2. The molecule has 0 spiro atoms. The molecule has 0 unspecified atom stereocenters. The van der Waals surface area contributed by atoms with E-state index in [1.54, 1.807) is 43.9 Å². The molecule has 2 amide bonds. The minimum Gasteiger partial charge on any atom is -0.454 e. The maximum absolute atomic E-state index is 13.6. The third kappa shape index (κ3) is 5.91. The van der Waals surface area contributed by atoms with Crippen molar-refractivity contribution >= 4 is 44.5 Å². The van der Waals surface area contributed by atoms with Crippen molar-refractivity contribution in [2.45, 2.75) is 50.1 Å². The highest BCUT2D eigenvalue weighted by atomic mass is 32.2. The van der Waals surface area contributed by atoms with E-state index in [0.717, 1.165) is 5.56 Å². The summed E-state index contributed by atoms with van der Waals surface area (Å²) in [5.74, 6) is 0.526. The van der Waals surface area contributed by atoms with Crippen LogP contribution in [0.3, 0.4) is 0 Å². The second-order valence-corrected chi connectivity index (χ2v) is 13.7. The molecule has 3 heterocycles. The van der Waals surface area contributed by atoms with Crippen LogP contribution in [0, 0.1) is 0 Å². The first kappa shape index (κ1) is 26.4. The van der Waals surface area contributed by atoms with Crippen LogP contribution >= 0.6 is 11.8 Å². The molecule has 0 radical (unpaired) electrons. The summed E-state index contributed by atoms with van der Waals surface area (Å²) in [5.41, 5.74) is 0.755.